The van der Waals surface area contributed by atoms with Gasteiger partial charge < -0.3 is 27.2 Å². The van der Waals surface area contributed by atoms with Gasteiger partial charge in [-0.2, -0.15) is 0 Å². The molecule has 0 amide bonds. The molecule has 0 aliphatic carbocycles. The first-order valence-electron chi connectivity index (χ1n) is 8.88. The lowest BCUT2D eigenvalue weighted by Crippen LogP contribution is -3.00. The molecular weight excluding hydrogens is 338 g/mol. The van der Waals surface area contributed by atoms with Crippen LogP contribution >= 0.6 is 0 Å². The summed E-state index contributed by atoms with van der Waals surface area (Å²) in [7, 11) is 0. The zero-order valence-electron chi connectivity index (χ0n) is 15.2. The number of hydrogen-bond acceptors (Lipinski definition) is 4. The Kier molecular flexibility index (Phi) is 7.28. The van der Waals surface area contributed by atoms with E-state index in [0.717, 1.165) is 32.7 Å². The van der Waals surface area contributed by atoms with Crippen molar-refractivity contribution in [2.45, 2.75) is 26.5 Å². The van der Waals surface area contributed by atoms with Crippen molar-refractivity contribution >= 4 is 10.9 Å². The molecule has 25 heavy (non-hydrogen) atoms. The molecule has 6 heteroatoms. The van der Waals surface area contributed by atoms with E-state index in [1.165, 1.54) is 22.2 Å². The molecular formula is C19H29ClN3O2-. The molecule has 1 aliphatic heterocycles. The summed E-state index contributed by atoms with van der Waals surface area (Å²) in [6.45, 7) is 10.5. The highest BCUT2D eigenvalue weighted by Gasteiger charge is 2.20. The third kappa shape index (κ3) is 4.54. The van der Waals surface area contributed by atoms with Crippen LogP contribution in [0.15, 0.2) is 24.3 Å². The Balaban J connectivity index is 0.00000225. The molecule has 1 aliphatic rings. The first kappa shape index (κ1) is 20.2. The van der Waals surface area contributed by atoms with E-state index in [4.69, 9.17) is 5.11 Å². The summed E-state index contributed by atoms with van der Waals surface area (Å²) in [5.41, 5.74) is 3.75. The number of aliphatic hydroxyl groups excluding tert-OH is 2. The largest absolute Gasteiger partial charge is 1.00 e. The van der Waals surface area contributed by atoms with E-state index in [1.54, 1.807) is 0 Å². The number of aryl methyl sites for hydroxylation is 1. The third-order valence-corrected chi connectivity index (χ3v) is 5.29. The quantitative estimate of drug-likeness (QED) is 0.635. The van der Waals surface area contributed by atoms with Crippen molar-refractivity contribution in [1.29, 1.82) is 0 Å². The molecule has 0 spiro atoms. The molecule has 5 nitrogen and oxygen atoms in total. The SMILES string of the molecule is Cc1c(C)n(CC(O)CN2CCN(CCO)CC2)c2ccccc12.[Cl-]. The van der Waals surface area contributed by atoms with Gasteiger partial charge in [-0.15, -0.1) is 0 Å². The lowest BCUT2D eigenvalue weighted by molar-refractivity contribution is -0.00000873. The second-order valence-electron chi connectivity index (χ2n) is 6.86. The summed E-state index contributed by atoms with van der Waals surface area (Å²) < 4.78 is 2.25. The molecule has 1 fully saturated rings. The third-order valence-electron chi connectivity index (χ3n) is 5.29. The van der Waals surface area contributed by atoms with Gasteiger partial charge in [-0.25, -0.2) is 0 Å². The first-order chi connectivity index (χ1) is 11.6. The summed E-state index contributed by atoms with van der Waals surface area (Å²) >= 11 is 0. The Morgan fingerprint density at radius 3 is 2.32 bits per heavy atom. The van der Waals surface area contributed by atoms with Crippen LogP contribution in [0.2, 0.25) is 0 Å². The van der Waals surface area contributed by atoms with Gasteiger partial charge in [0.25, 0.3) is 0 Å². The Labute approximate surface area is 156 Å². The summed E-state index contributed by atoms with van der Waals surface area (Å²) in [5.74, 6) is 0. The summed E-state index contributed by atoms with van der Waals surface area (Å²) in [5, 5.41) is 20.9. The van der Waals surface area contributed by atoms with Gasteiger partial charge in [0.2, 0.25) is 0 Å². The molecule has 1 saturated heterocycles. The zero-order chi connectivity index (χ0) is 17.1. The summed E-state index contributed by atoms with van der Waals surface area (Å²) in [6.07, 6.45) is -0.372. The fraction of sp³-hybridized carbons (Fsp3) is 0.579. The topological polar surface area (TPSA) is 51.9 Å². The average molecular weight is 367 g/mol. The molecule has 0 bridgehead atoms. The van der Waals surface area contributed by atoms with Crippen LogP contribution in [-0.4, -0.2) is 76.6 Å². The maximum atomic E-state index is 10.6. The Hall–Kier alpha value is -1.11. The Morgan fingerprint density at radius 1 is 1.00 bits per heavy atom. The molecule has 140 valence electrons. The minimum Gasteiger partial charge on any atom is -1.00 e. The van der Waals surface area contributed by atoms with E-state index < -0.39 is 0 Å². The minimum absolute atomic E-state index is 0. The maximum absolute atomic E-state index is 10.6. The number of β-amino-alcohol motifs (C(OH)–C–C–N with tert-alkyl or cyclic N) is 2. The molecule has 1 aromatic heterocycles. The molecule has 3 rings (SSSR count). The normalized spacial score (nSPS) is 17.6. The molecule has 2 N–H and O–H groups in total. The van der Waals surface area contributed by atoms with Crippen molar-refractivity contribution in [3.8, 4) is 0 Å². The predicted octanol–water partition coefficient (Wildman–Crippen LogP) is -1.77. The lowest BCUT2D eigenvalue weighted by Gasteiger charge is -2.35. The minimum atomic E-state index is -0.372. The molecule has 2 aromatic rings. The fourth-order valence-electron chi connectivity index (χ4n) is 3.74. The first-order valence-corrected chi connectivity index (χ1v) is 8.88. The summed E-state index contributed by atoms with van der Waals surface area (Å²) in [6, 6.07) is 8.42. The second kappa shape index (κ2) is 9.01. The van der Waals surface area contributed by atoms with Gasteiger partial charge in [0.05, 0.1) is 19.3 Å². The molecule has 2 heterocycles. The van der Waals surface area contributed by atoms with Crippen molar-refractivity contribution < 1.29 is 22.6 Å². The van der Waals surface area contributed by atoms with Crippen LogP contribution in [0, 0.1) is 13.8 Å². The average Bonchev–Trinajstić information content (AvgIpc) is 2.82. The zero-order valence-corrected chi connectivity index (χ0v) is 15.9. The predicted molar refractivity (Wildman–Crippen MR) is 97.4 cm³/mol. The highest BCUT2D eigenvalue weighted by Crippen LogP contribution is 2.25. The van der Waals surface area contributed by atoms with Gasteiger partial charge in [0.1, 0.15) is 0 Å². The molecule has 0 saturated carbocycles. The van der Waals surface area contributed by atoms with Crippen LogP contribution in [0.25, 0.3) is 10.9 Å². The number of benzene rings is 1. The number of para-hydroxylation sites is 1. The van der Waals surface area contributed by atoms with E-state index in [2.05, 4.69) is 52.5 Å². The Morgan fingerprint density at radius 2 is 1.64 bits per heavy atom. The fourth-order valence-corrected chi connectivity index (χ4v) is 3.74. The summed E-state index contributed by atoms with van der Waals surface area (Å²) in [4.78, 5) is 4.60. The molecule has 1 atom stereocenters. The van der Waals surface area contributed by atoms with Gasteiger partial charge >= 0.3 is 0 Å². The van der Waals surface area contributed by atoms with Gasteiger partial charge in [0, 0.05) is 55.9 Å². The highest BCUT2D eigenvalue weighted by molar-refractivity contribution is 5.85. The van der Waals surface area contributed by atoms with Crippen molar-refractivity contribution in [2.75, 3.05) is 45.9 Å². The van der Waals surface area contributed by atoms with Gasteiger partial charge in [-0.1, -0.05) is 18.2 Å². The second-order valence-corrected chi connectivity index (χ2v) is 6.86. The van der Waals surface area contributed by atoms with E-state index in [1.807, 2.05) is 0 Å². The van der Waals surface area contributed by atoms with Crippen LogP contribution in [0.5, 0.6) is 0 Å². The number of hydrogen-bond donors (Lipinski definition) is 2. The smallest absolute Gasteiger partial charge is 0.0845 e. The van der Waals surface area contributed by atoms with Crippen LogP contribution in [0.4, 0.5) is 0 Å². The van der Waals surface area contributed by atoms with Crippen molar-refractivity contribution in [2.24, 2.45) is 0 Å². The molecule has 0 radical (unpaired) electrons. The van der Waals surface area contributed by atoms with Crippen molar-refractivity contribution in [3.05, 3.63) is 35.5 Å². The number of aliphatic hydroxyl groups is 2. The standard InChI is InChI=1S/C19H29N3O2.ClH/c1-15-16(2)22(19-6-4-3-5-18(15)19)14-17(24)13-21-9-7-20(8-10-21)11-12-23;/h3-6,17,23-24H,7-14H2,1-2H3;1H/p-1. The number of fused-ring (bicyclic) bond motifs is 1. The number of halogens is 1. The van der Waals surface area contributed by atoms with E-state index in [9.17, 15) is 5.11 Å². The van der Waals surface area contributed by atoms with Crippen molar-refractivity contribution in [1.82, 2.24) is 14.4 Å². The van der Waals surface area contributed by atoms with Crippen LogP contribution in [0.1, 0.15) is 11.3 Å². The number of aromatic nitrogens is 1. The highest BCUT2D eigenvalue weighted by atomic mass is 35.5. The monoisotopic (exact) mass is 366 g/mol. The van der Waals surface area contributed by atoms with E-state index in [-0.39, 0.29) is 25.1 Å². The van der Waals surface area contributed by atoms with Gasteiger partial charge in [-0.3, -0.25) is 9.80 Å². The number of piperazine rings is 1. The van der Waals surface area contributed by atoms with Crippen LogP contribution in [-0.2, 0) is 6.54 Å². The van der Waals surface area contributed by atoms with Crippen molar-refractivity contribution in [3.63, 3.8) is 0 Å². The van der Waals surface area contributed by atoms with Crippen LogP contribution < -0.4 is 12.4 Å². The maximum Gasteiger partial charge on any atom is 0.0845 e. The van der Waals surface area contributed by atoms with Gasteiger partial charge in [-0.05, 0) is 25.5 Å². The van der Waals surface area contributed by atoms with E-state index >= 15 is 0 Å². The Bertz CT molecular complexity index is 681. The lowest BCUT2D eigenvalue weighted by atomic mass is 10.2. The number of rotatable bonds is 6. The van der Waals surface area contributed by atoms with E-state index in [0.29, 0.717) is 13.1 Å². The molecule has 1 unspecified atom stereocenters. The number of nitrogens with zero attached hydrogens (tertiary/aromatic N) is 3. The molecule has 1 aromatic carbocycles. The van der Waals surface area contributed by atoms with Crippen LogP contribution in [0.3, 0.4) is 0 Å². The van der Waals surface area contributed by atoms with Gasteiger partial charge in [0.15, 0.2) is 0 Å².